The number of nitrogens with one attached hydrogen (secondary N) is 1. The van der Waals surface area contributed by atoms with Gasteiger partial charge in [-0.3, -0.25) is 4.98 Å². The molecule has 4 rings (SSSR count). The predicted octanol–water partition coefficient (Wildman–Crippen LogP) is 2.56. The fourth-order valence-corrected chi connectivity index (χ4v) is 5.05. The lowest BCUT2D eigenvalue weighted by Crippen LogP contribution is -2.51. The Morgan fingerprint density at radius 1 is 1.12 bits per heavy atom. The van der Waals surface area contributed by atoms with Crippen molar-refractivity contribution in [1.82, 2.24) is 19.8 Å². The molecule has 2 aromatic heterocycles. The van der Waals surface area contributed by atoms with Gasteiger partial charge in [-0.05, 0) is 69.6 Å². The molecule has 3 unspecified atom stereocenters. The number of fused-ring (bicyclic) bond motifs is 1. The molecule has 5 nitrogen and oxygen atoms in total. The van der Waals surface area contributed by atoms with Crippen molar-refractivity contribution >= 4 is 11.0 Å². The van der Waals surface area contributed by atoms with Gasteiger partial charge in [-0.15, -0.1) is 0 Å². The molecular weight excluding hydrogens is 312 g/mol. The number of ether oxygens (including phenoxy) is 1. The summed E-state index contributed by atoms with van der Waals surface area (Å²) in [6.07, 6.45) is 6.78. The zero-order valence-corrected chi connectivity index (χ0v) is 15.6. The molecule has 25 heavy (non-hydrogen) atoms. The van der Waals surface area contributed by atoms with Gasteiger partial charge in [0.1, 0.15) is 0 Å². The Hall–Kier alpha value is -1.43. The van der Waals surface area contributed by atoms with E-state index < -0.39 is 0 Å². The summed E-state index contributed by atoms with van der Waals surface area (Å²) < 4.78 is 6.01. The predicted molar refractivity (Wildman–Crippen MR) is 101 cm³/mol. The number of hydrogen-bond acceptors (Lipinski definition) is 4. The Kier molecular flexibility index (Phi) is 4.80. The highest BCUT2D eigenvalue weighted by molar-refractivity contribution is 5.79. The third kappa shape index (κ3) is 3.21. The van der Waals surface area contributed by atoms with E-state index in [0.717, 1.165) is 24.5 Å². The summed E-state index contributed by atoms with van der Waals surface area (Å²) in [5.41, 5.74) is 3.64. The van der Waals surface area contributed by atoms with Gasteiger partial charge in [0, 0.05) is 38.5 Å². The van der Waals surface area contributed by atoms with Crippen molar-refractivity contribution in [2.24, 2.45) is 11.8 Å². The van der Waals surface area contributed by atoms with Crippen LogP contribution < -0.4 is 0 Å². The van der Waals surface area contributed by atoms with Gasteiger partial charge in [0.15, 0.2) is 0 Å². The van der Waals surface area contributed by atoms with Crippen molar-refractivity contribution < 1.29 is 4.74 Å². The molecule has 2 aliphatic heterocycles. The largest absolute Gasteiger partial charge is 0.379 e. The van der Waals surface area contributed by atoms with E-state index in [4.69, 9.17) is 4.74 Å². The molecule has 2 saturated heterocycles. The van der Waals surface area contributed by atoms with Crippen LogP contribution in [-0.2, 0) is 4.74 Å². The second-order valence-corrected chi connectivity index (χ2v) is 7.96. The molecule has 2 fully saturated rings. The van der Waals surface area contributed by atoms with E-state index in [-0.39, 0.29) is 6.10 Å². The minimum Gasteiger partial charge on any atom is -0.379 e. The number of rotatable bonds is 3. The minimum atomic E-state index is 0.234. The number of methoxy groups -OCH3 is 1. The summed E-state index contributed by atoms with van der Waals surface area (Å²) in [7, 11) is 6.35. The number of aromatic amines is 1. The van der Waals surface area contributed by atoms with Gasteiger partial charge in [0.25, 0.3) is 0 Å². The van der Waals surface area contributed by atoms with Crippen LogP contribution in [0.4, 0.5) is 0 Å². The Morgan fingerprint density at radius 2 is 1.92 bits per heavy atom. The number of hydrogen-bond donors (Lipinski definition) is 1. The van der Waals surface area contributed by atoms with Crippen LogP contribution in [0.5, 0.6) is 0 Å². The average Bonchev–Trinajstić information content (AvgIpc) is 3.10. The van der Waals surface area contributed by atoms with E-state index in [2.05, 4.69) is 46.0 Å². The van der Waals surface area contributed by atoms with Gasteiger partial charge in [-0.2, -0.15) is 0 Å². The maximum absolute atomic E-state index is 6.01. The molecule has 1 N–H and O–H groups in total. The van der Waals surface area contributed by atoms with Crippen LogP contribution in [0, 0.1) is 11.8 Å². The van der Waals surface area contributed by atoms with Crippen molar-refractivity contribution in [2.75, 3.05) is 47.4 Å². The molecule has 0 radical (unpaired) electrons. The van der Waals surface area contributed by atoms with Gasteiger partial charge in [-0.1, -0.05) is 0 Å². The van der Waals surface area contributed by atoms with Crippen LogP contribution >= 0.6 is 0 Å². The van der Waals surface area contributed by atoms with E-state index in [0.29, 0.717) is 11.8 Å². The van der Waals surface area contributed by atoms with Gasteiger partial charge < -0.3 is 19.5 Å². The zero-order valence-electron chi connectivity index (χ0n) is 15.6. The molecule has 0 bridgehead atoms. The first-order valence-corrected chi connectivity index (χ1v) is 9.49. The smallest absolute Gasteiger partial charge is 0.0881 e. The quantitative estimate of drug-likeness (QED) is 0.931. The van der Waals surface area contributed by atoms with Gasteiger partial charge >= 0.3 is 0 Å². The molecule has 0 saturated carbocycles. The van der Waals surface area contributed by atoms with Crippen molar-refractivity contribution in [3.8, 4) is 0 Å². The number of nitrogens with zero attached hydrogens (tertiary/aromatic N) is 3. The SMILES string of the molecule is COC1CN(C)CC(C2CCN(C)CC2)C1c1ccnc2cc[nH]c12. The second kappa shape index (κ2) is 7.06. The number of likely N-dealkylation sites (tertiary alicyclic amines) is 2. The van der Waals surface area contributed by atoms with Gasteiger partial charge in [0.05, 0.1) is 17.1 Å². The first-order valence-electron chi connectivity index (χ1n) is 9.49. The van der Waals surface area contributed by atoms with E-state index in [9.17, 15) is 0 Å². The monoisotopic (exact) mass is 342 g/mol. The molecule has 5 heteroatoms. The summed E-state index contributed by atoms with van der Waals surface area (Å²) in [6, 6.07) is 4.28. The van der Waals surface area contributed by atoms with E-state index in [1.54, 1.807) is 0 Å². The van der Waals surface area contributed by atoms with Crippen molar-refractivity contribution in [1.29, 1.82) is 0 Å². The van der Waals surface area contributed by atoms with Crippen molar-refractivity contribution in [3.05, 3.63) is 30.1 Å². The average molecular weight is 342 g/mol. The molecule has 3 atom stereocenters. The Morgan fingerprint density at radius 3 is 2.68 bits per heavy atom. The Labute approximate surface area is 150 Å². The first-order chi connectivity index (χ1) is 12.2. The topological polar surface area (TPSA) is 44.4 Å². The second-order valence-electron chi connectivity index (χ2n) is 7.96. The maximum Gasteiger partial charge on any atom is 0.0881 e. The summed E-state index contributed by atoms with van der Waals surface area (Å²) in [5.74, 6) is 1.82. The lowest BCUT2D eigenvalue weighted by Gasteiger charge is -2.47. The third-order valence-corrected chi connectivity index (χ3v) is 6.39. The number of H-pyrrole nitrogens is 1. The summed E-state index contributed by atoms with van der Waals surface area (Å²) in [6.45, 7) is 4.57. The lowest BCUT2D eigenvalue weighted by molar-refractivity contribution is -0.0257. The summed E-state index contributed by atoms with van der Waals surface area (Å²) in [4.78, 5) is 12.9. The third-order valence-electron chi connectivity index (χ3n) is 6.39. The fraction of sp³-hybridized carbons (Fsp3) is 0.650. The lowest BCUT2D eigenvalue weighted by atomic mass is 9.69. The van der Waals surface area contributed by atoms with Crippen molar-refractivity contribution in [2.45, 2.75) is 24.9 Å². The first kappa shape index (κ1) is 17.0. The van der Waals surface area contributed by atoms with Gasteiger partial charge in [-0.25, -0.2) is 0 Å². The minimum absolute atomic E-state index is 0.234. The van der Waals surface area contributed by atoms with Crippen LogP contribution in [0.2, 0.25) is 0 Å². The van der Waals surface area contributed by atoms with Crippen LogP contribution in [0.15, 0.2) is 24.5 Å². The van der Waals surface area contributed by atoms with Gasteiger partial charge in [0.2, 0.25) is 0 Å². The molecule has 2 aromatic rings. The molecule has 2 aliphatic rings. The summed E-state index contributed by atoms with van der Waals surface area (Å²) >= 11 is 0. The van der Waals surface area contributed by atoms with Crippen LogP contribution in [-0.4, -0.2) is 73.3 Å². The molecule has 136 valence electrons. The molecule has 4 heterocycles. The fourth-order valence-electron chi connectivity index (χ4n) is 5.05. The van der Waals surface area contributed by atoms with Crippen LogP contribution in [0.3, 0.4) is 0 Å². The van der Waals surface area contributed by atoms with E-state index in [1.807, 2.05) is 19.5 Å². The Bertz CT molecular complexity index is 707. The molecule has 0 amide bonds. The maximum atomic E-state index is 6.01. The summed E-state index contributed by atoms with van der Waals surface area (Å²) in [5, 5.41) is 0. The number of aromatic nitrogens is 2. The standard InChI is InChI=1S/C20H30N4O/c1-23-10-6-14(7-11-23)16-12-24(2)13-18(25-3)19(16)15-4-8-21-17-5-9-22-20(15)17/h4-5,8-9,14,16,18-19,22H,6-7,10-13H2,1-3H3. The van der Waals surface area contributed by atoms with Crippen molar-refractivity contribution in [3.63, 3.8) is 0 Å². The highest BCUT2D eigenvalue weighted by Crippen LogP contribution is 2.43. The highest BCUT2D eigenvalue weighted by Gasteiger charge is 2.42. The highest BCUT2D eigenvalue weighted by atomic mass is 16.5. The Balaban J connectivity index is 1.72. The zero-order chi connectivity index (χ0) is 17.4. The number of piperidine rings is 2. The van der Waals surface area contributed by atoms with E-state index in [1.165, 1.54) is 37.0 Å². The van der Waals surface area contributed by atoms with E-state index >= 15 is 0 Å². The van der Waals surface area contributed by atoms with Crippen LogP contribution in [0.25, 0.3) is 11.0 Å². The normalized spacial score (nSPS) is 30.1. The molecule has 0 spiro atoms. The number of pyridine rings is 1. The number of likely N-dealkylation sites (N-methyl/N-ethyl adjacent to an activating group) is 1. The van der Waals surface area contributed by atoms with Crippen LogP contribution in [0.1, 0.15) is 24.3 Å². The molecule has 0 aliphatic carbocycles. The molecule has 0 aromatic carbocycles. The molecular formula is C20H30N4O.